The van der Waals surface area contributed by atoms with E-state index in [1.54, 1.807) is 0 Å². The molecular weight excluding hydrogens is 172 g/mol. The van der Waals surface area contributed by atoms with E-state index in [9.17, 15) is 0 Å². The maximum Gasteiger partial charge on any atom is 0.0502 e. The van der Waals surface area contributed by atoms with Crippen LogP contribution in [0.5, 0.6) is 0 Å². The van der Waals surface area contributed by atoms with Crippen LogP contribution >= 0.6 is 0 Å². The third-order valence-electron chi connectivity index (χ3n) is 3.70. The van der Waals surface area contributed by atoms with Gasteiger partial charge in [-0.05, 0) is 24.4 Å². The van der Waals surface area contributed by atoms with Crippen LogP contribution in [0.3, 0.4) is 0 Å². The van der Waals surface area contributed by atoms with Gasteiger partial charge in [-0.1, -0.05) is 30.3 Å². The van der Waals surface area contributed by atoms with Crippen molar-refractivity contribution >= 4 is 0 Å². The van der Waals surface area contributed by atoms with E-state index in [0.717, 1.165) is 5.92 Å². The van der Waals surface area contributed by atoms with Crippen LogP contribution in [0.2, 0.25) is 0 Å². The van der Waals surface area contributed by atoms with Crippen molar-refractivity contribution in [3.8, 4) is 0 Å². The summed E-state index contributed by atoms with van der Waals surface area (Å²) in [5, 5.41) is 0. The largest absolute Gasteiger partial charge is 0.326 e. The third-order valence-corrected chi connectivity index (χ3v) is 3.70. The summed E-state index contributed by atoms with van der Waals surface area (Å²) in [5.74, 6) is 0.736. The van der Waals surface area contributed by atoms with Gasteiger partial charge >= 0.3 is 0 Å². The summed E-state index contributed by atoms with van der Waals surface area (Å²) in [6.07, 6.45) is 1.30. The lowest BCUT2D eigenvalue weighted by Gasteiger charge is -2.30. The van der Waals surface area contributed by atoms with Gasteiger partial charge in [0.2, 0.25) is 0 Å². The van der Waals surface area contributed by atoms with Crippen molar-refractivity contribution in [2.75, 3.05) is 13.1 Å². The zero-order valence-electron chi connectivity index (χ0n) is 8.26. The summed E-state index contributed by atoms with van der Waals surface area (Å²) in [7, 11) is 0. The SMILES string of the molecule is NC1C2CCN(C2)C1c1ccccc1. The molecule has 0 spiro atoms. The lowest BCUT2D eigenvalue weighted by Crippen LogP contribution is -2.38. The highest BCUT2D eigenvalue weighted by Crippen LogP contribution is 2.40. The summed E-state index contributed by atoms with van der Waals surface area (Å²) in [5.41, 5.74) is 7.65. The number of hydrogen-bond donors (Lipinski definition) is 1. The predicted octanol–water partition coefficient (Wildman–Crippen LogP) is 1.39. The Morgan fingerprint density at radius 2 is 2.00 bits per heavy atom. The number of nitrogens with two attached hydrogens (primary N) is 1. The van der Waals surface area contributed by atoms with Crippen molar-refractivity contribution in [3.05, 3.63) is 35.9 Å². The van der Waals surface area contributed by atoms with Gasteiger partial charge in [-0.2, -0.15) is 0 Å². The fraction of sp³-hybridized carbons (Fsp3) is 0.500. The molecule has 2 heterocycles. The molecule has 2 fully saturated rings. The van der Waals surface area contributed by atoms with Crippen LogP contribution in [0.4, 0.5) is 0 Å². The van der Waals surface area contributed by atoms with Crippen molar-refractivity contribution < 1.29 is 0 Å². The molecule has 0 amide bonds. The van der Waals surface area contributed by atoms with E-state index in [1.165, 1.54) is 25.1 Å². The molecule has 2 aliphatic rings. The van der Waals surface area contributed by atoms with Gasteiger partial charge in [0.25, 0.3) is 0 Å². The fourth-order valence-corrected chi connectivity index (χ4v) is 2.97. The molecule has 2 nitrogen and oxygen atoms in total. The molecule has 0 saturated carbocycles. The minimum Gasteiger partial charge on any atom is -0.326 e. The quantitative estimate of drug-likeness (QED) is 0.721. The Morgan fingerprint density at radius 1 is 1.21 bits per heavy atom. The second-order valence-electron chi connectivity index (χ2n) is 4.48. The molecule has 0 aromatic heterocycles. The summed E-state index contributed by atoms with van der Waals surface area (Å²) < 4.78 is 0. The first-order valence-corrected chi connectivity index (χ1v) is 5.41. The molecule has 1 aromatic rings. The van der Waals surface area contributed by atoms with E-state index in [-0.39, 0.29) is 0 Å². The molecule has 74 valence electrons. The number of hydrogen-bond acceptors (Lipinski definition) is 2. The summed E-state index contributed by atoms with van der Waals surface area (Å²) in [4.78, 5) is 2.53. The van der Waals surface area contributed by atoms with Gasteiger partial charge in [0, 0.05) is 12.6 Å². The Labute approximate surface area is 84.7 Å². The van der Waals surface area contributed by atoms with Crippen LogP contribution in [0.15, 0.2) is 30.3 Å². The maximum absolute atomic E-state index is 6.25. The van der Waals surface area contributed by atoms with Crippen LogP contribution in [0.1, 0.15) is 18.0 Å². The number of rotatable bonds is 1. The molecular formula is C12H16N2. The Balaban J connectivity index is 1.93. The zero-order valence-corrected chi connectivity index (χ0v) is 8.26. The van der Waals surface area contributed by atoms with Crippen LogP contribution < -0.4 is 5.73 Å². The molecule has 4 atom stereocenters. The van der Waals surface area contributed by atoms with Crippen LogP contribution in [0, 0.1) is 5.92 Å². The maximum atomic E-state index is 6.25. The second-order valence-corrected chi connectivity index (χ2v) is 4.48. The highest BCUT2D eigenvalue weighted by molar-refractivity contribution is 5.24. The molecule has 0 aliphatic carbocycles. The van der Waals surface area contributed by atoms with Gasteiger partial charge in [-0.15, -0.1) is 0 Å². The Morgan fingerprint density at radius 3 is 2.64 bits per heavy atom. The summed E-state index contributed by atoms with van der Waals surface area (Å²) in [6, 6.07) is 11.5. The van der Waals surface area contributed by atoms with E-state index in [4.69, 9.17) is 5.73 Å². The molecule has 3 rings (SSSR count). The van der Waals surface area contributed by atoms with Gasteiger partial charge in [0.1, 0.15) is 0 Å². The fourth-order valence-electron chi connectivity index (χ4n) is 2.97. The molecule has 2 heteroatoms. The monoisotopic (exact) mass is 188 g/mol. The van der Waals surface area contributed by atoms with E-state index in [0.29, 0.717) is 12.1 Å². The Bertz CT molecular complexity index is 320. The Kier molecular flexibility index (Phi) is 1.85. The zero-order chi connectivity index (χ0) is 9.54. The third kappa shape index (κ3) is 1.11. The lowest BCUT2D eigenvalue weighted by atomic mass is 9.90. The molecule has 2 aliphatic heterocycles. The van der Waals surface area contributed by atoms with Gasteiger partial charge in [-0.25, -0.2) is 0 Å². The smallest absolute Gasteiger partial charge is 0.0502 e. The minimum absolute atomic E-state index is 0.353. The van der Waals surface area contributed by atoms with Crippen LogP contribution in [0.25, 0.3) is 0 Å². The average Bonchev–Trinajstić information content (AvgIpc) is 2.79. The minimum atomic E-state index is 0.353. The van der Waals surface area contributed by atoms with Gasteiger partial charge in [-0.3, -0.25) is 4.90 Å². The van der Waals surface area contributed by atoms with Crippen molar-refractivity contribution in [2.24, 2.45) is 11.7 Å². The van der Waals surface area contributed by atoms with Crippen molar-refractivity contribution in [3.63, 3.8) is 0 Å². The van der Waals surface area contributed by atoms with E-state index in [1.807, 2.05) is 0 Å². The highest BCUT2D eigenvalue weighted by atomic mass is 15.2. The second kappa shape index (κ2) is 3.07. The molecule has 2 saturated heterocycles. The molecule has 0 radical (unpaired) electrons. The van der Waals surface area contributed by atoms with Crippen molar-refractivity contribution in [1.29, 1.82) is 0 Å². The predicted molar refractivity (Wildman–Crippen MR) is 56.8 cm³/mol. The molecule has 14 heavy (non-hydrogen) atoms. The topological polar surface area (TPSA) is 29.3 Å². The van der Waals surface area contributed by atoms with Gasteiger partial charge in [0.05, 0.1) is 6.04 Å². The van der Waals surface area contributed by atoms with E-state index < -0.39 is 0 Å². The lowest BCUT2D eigenvalue weighted by molar-refractivity contribution is 0.243. The number of benzene rings is 1. The van der Waals surface area contributed by atoms with Crippen LogP contribution in [-0.2, 0) is 0 Å². The van der Waals surface area contributed by atoms with Crippen LogP contribution in [-0.4, -0.2) is 24.0 Å². The first-order valence-electron chi connectivity index (χ1n) is 5.41. The molecule has 1 aromatic carbocycles. The number of fused-ring (bicyclic) bond motifs is 2. The first kappa shape index (κ1) is 8.45. The standard InChI is InChI=1S/C12H16N2/c13-11-10-6-7-14(8-10)12(11)9-4-2-1-3-5-9/h1-5,10-12H,6-8,13H2. The first-order chi connectivity index (χ1) is 6.86. The normalized spacial score (nSPS) is 40.4. The summed E-state index contributed by atoms with van der Waals surface area (Å²) in [6.45, 7) is 2.44. The van der Waals surface area contributed by atoms with Gasteiger partial charge in [0.15, 0.2) is 0 Å². The molecule has 2 N–H and O–H groups in total. The van der Waals surface area contributed by atoms with E-state index in [2.05, 4.69) is 35.2 Å². The summed E-state index contributed by atoms with van der Waals surface area (Å²) >= 11 is 0. The highest BCUT2D eigenvalue weighted by Gasteiger charge is 2.44. The Hall–Kier alpha value is -0.860. The number of piperidine rings is 1. The van der Waals surface area contributed by atoms with E-state index >= 15 is 0 Å². The van der Waals surface area contributed by atoms with Crippen molar-refractivity contribution in [2.45, 2.75) is 18.5 Å². The van der Waals surface area contributed by atoms with Crippen molar-refractivity contribution in [1.82, 2.24) is 4.90 Å². The molecule has 4 unspecified atom stereocenters. The average molecular weight is 188 g/mol. The molecule has 2 bridgehead atoms. The van der Waals surface area contributed by atoms with Gasteiger partial charge < -0.3 is 5.73 Å². The number of nitrogens with zero attached hydrogens (tertiary/aromatic N) is 1.